The first-order valence-electron chi connectivity index (χ1n) is 8.30. The maximum atomic E-state index is 6.19. The van der Waals surface area contributed by atoms with Crippen molar-refractivity contribution in [1.29, 1.82) is 0 Å². The zero-order valence-electron chi connectivity index (χ0n) is 13.3. The minimum Gasteiger partial charge on any atom is -0.453 e. The monoisotopic (exact) mass is 328 g/mol. The lowest BCUT2D eigenvalue weighted by atomic mass is 10.0. The Bertz CT molecular complexity index is 672. The molecular weight excluding hydrogens is 308 g/mol. The second-order valence-electron chi connectivity index (χ2n) is 6.39. The SMILES string of the molecule is Cc1ccc2c(c1)Oc1cc(Cl)ccc1N2C1CCCNCC1. The average Bonchev–Trinajstić information content (AvgIpc) is 2.81. The second-order valence-corrected chi connectivity index (χ2v) is 6.83. The van der Waals surface area contributed by atoms with E-state index in [1.165, 1.54) is 18.4 Å². The Morgan fingerprint density at radius 3 is 2.70 bits per heavy atom. The van der Waals surface area contributed by atoms with E-state index < -0.39 is 0 Å². The lowest BCUT2D eigenvalue weighted by molar-refractivity contribution is 0.459. The summed E-state index contributed by atoms with van der Waals surface area (Å²) in [5.74, 6) is 1.78. The van der Waals surface area contributed by atoms with Crippen molar-refractivity contribution in [3.05, 3.63) is 47.0 Å². The molecule has 1 atom stereocenters. The van der Waals surface area contributed by atoms with Gasteiger partial charge in [-0.25, -0.2) is 0 Å². The first kappa shape index (κ1) is 14.9. The lowest BCUT2D eigenvalue weighted by Gasteiger charge is -2.38. The Morgan fingerprint density at radius 1 is 1.04 bits per heavy atom. The van der Waals surface area contributed by atoms with Crippen LogP contribution in [0.5, 0.6) is 11.5 Å². The molecule has 0 amide bonds. The van der Waals surface area contributed by atoms with Crippen LogP contribution in [0.4, 0.5) is 11.4 Å². The molecule has 2 aromatic carbocycles. The highest BCUT2D eigenvalue weighted by molar-refractivity contribution is 6.30. The summed E-state index contributed by atoms with van der Waals surface area (Å²) in [6.45, 7) is 4.26. The molecule has 23 heavy (non-hydrogen) atoms. The number of anilines is 2. The van der Waals surface area contributed by atoms with Crippen LogP contribution in [0.25, 0.3) is 0 Å². The van der Waals surface area contributed by atoms with Gasteiger partial charge < -0.3 is 15.0 Å². The van der Waals surface area contributed by atoms with Crippen LogP contribution >= 0.6 is 11.6 Å². The van der Waals surface area contributed by atoms with Crippen LogP contribution in [-0.4, -0.2) is 19.1 Å². The molecule has 1 unspecified atom stereocenters. The fourth-order valence-corrected chi connectivity index (χ4v) is 3.73. The second kappa shape index (κ2) is 6.06. The molecule has 0 spiro atoms. The van der Waals surface area contributed by atoms with Gasteiger partial charge in [0, 0.05) is 17.1 Å². The van der Waals surface area contributed by atoms with Crippen molar-refractivity contribution >= 4 is 23.0 Å². The Morgan fingerprint density at radius 2 is 1.83 bits per heavy atom. The highest BCUT2D eigenvalue weighted by Crippen LogP contribution is 2.49. The third-order valence-electron chi connectivity index (χ3n) is 4.69. The summed E-state index contributed by atoms with van der Waals surface area (Å²) in [7, 11) is 0. The Labute approximate surface area is 142 Å². The predicted molar refractivity (Wildman–Crippen MR) is 95.4 cm³/mol. The first-order valence-corrected chi connectivity index (χ1v) is 8.68. The quantitative estimate of drug-likeness (QED) is 0.794. The summed E-state index contributed by atoms with van der Waals surface area (Å²) >= 11 is 6.19. The van der Waals surface area contributed by atoms with E-state index in [4.69, 9.17) is 16.3 Å². The number of halogens is 1. The maximum absolute atomic E-state index is 6.19. The van der Waals surface area contributed by atoms with Gasteiger partial charge in [0.25, 0.3) is 0 Å². The van der Waals surface area contributed by atoms with Gasteiger partial charge in [0.05, 0.1) is 11.4 Å². The minimum absolute atomic E-state index is 0.482. The summed E-state index contributed by atoms with van der Waals surface area (Å²) in [6, 6.07) is 12.9. The number of nitrogens with one attached hydrogen (secondary N) is 1. The fourth-order valence-electron chi connectivity index (χ4n) is 3.57. The number of ether oxygens (including phenoxy) is 1. The van der Waals surface area contributed by atoms with Crippen LogP contribution in [0, 0.1) is 6.92 Å². The Hall–Kier alpha value is -1.71. The van der Waals surface area contributed by atoms with Crippen LogP contribution in [0.1, 0.15) is 24.8 Å². The molecule has 0 saturated carbocycles. The number of fused-ring (bicyclic) bond motifs is 2. The van der Waals surface area contributed by atoms with Gasteiger partial charge in [0.15, 0.2) is 11.5 Å². The molecule has 2 aliphatic heterocycles. The van der Waals surface area contributed by atoms with Crippen LogP contribution in [-0.2, 0) is 0 Å². The fraction of sp³-hybridized carbons (Fsp3) is 0.368. The van der Waals surface area contributed by atoms with Crippen LogP contribution < -0.4 is 15.0 Å². The number of rotatable bonds is 1. The highest BCUT2D eigenvalue weighted by atomic mass is 35.5. The summed E-state index contributed by atoms with van der Waals surface area (Å²) < 4.78 is 6.15. The number of nitrogens with zero attached hydrogens (tertiary/aromatic N) is 1. The largest absolute Gasteiger partial charge is 0.453 e. The van der Waals surface area contributed by atoms with E-state index in [1.54, 1.807) is 0 Å². The van der Waals surface area contributed by atoms with Gasteiger partial charge in [-0.05, 0) is 69.1 Å². The van der Waals surface area contributed by atoms with Crippen LogP contribution in [0.2, 0.25) is 5.02 Å². The normalized spacial score (nSPS) is 20.3. The summed E-state index contributed by atoms with van der Waals surface area (Å²) in [5, 5.41) is 4.21. The number of hydrogen-bond donors (Lipinski definition) is 1. The van der Waals surface area contributed by atoms with Crippen molar-refractivity contribution in [2.45, 2.75) is 32.2 Å². The van der Waals surface area contributed by atoms with Crippen molar-refractivity contribution in [3.8, 4) is 11.5 Å². The molecule has 0 aliphatic carbocycles. The van der Waals surface area contributed by atoms with Crippen molar-refractivity contribution in [3.63, 3.8) is 0 Å². The molecule has 4 heteroatoms. The topological polar surface area (TPSA) is 24.5 Å². The van der Waals surface area contributed by atoms with Crippen molar-refractivity contribution in [1.82, 2.24) is 5.32 Å². The van der Waals surface area contributed by atoms with E-state index in [0.717, 1.165) is 42.4 Å². The highest BCUT2D eigenvalue weighted by Gasteiger charge is 2.30. The van der Waals surface area contributed by atoms with Crippen molar-refractivity contribution in [2.75, 3.05) is 18.0 Å². The molecule has 0 aromatic heterocycles. The van der Waals surface area contributed by atoms with E-state index in [1.807, 2.05) is 12.1 Å². The summed E-state index contributed by atoms with van der Waals surface area (Å²) in [5.41, 5.74) is 3.49. The summed E-state index contributed by atoms with van der Waals surface area (Å²) in [4.78, 5) is 2.46. The van der Waals surface area contributed by atoms with Gasteiger partial charge in [-0.2, -0.15) is 0 Å². The molecule has 4 rings (SSSR count). The van der Waals surface area contributed by atoms with E-state index in [-0.39, 0.29) is 0 Å². The third-order valence-corrected chi connectivity index (χ3v) is 4.92. The van der Waals surface area contributed by atoms with Crippen molar-refractivity contribution in [2.24, 2.45) is 0 Å². The van der Waals surface area contributed by atoms with Gasteiger partial charge in [0.2, 0.25) is 0 Å². The van der Waals surface area contributed by atoms with Crippen LogP contribution in [0.3, 0.4) is 0 Å². The zero-order chi connectivity index (χ0) is 15.8. The standard InChI is InChI=1S/C19H21ClN2O/c1-13-4-6-16-18(11-13)23-19-12-14(20)5-7-17(19)22(16)15-3-2-9-21-10-8-15/h4-7,11-12,15,21H,2-3,8-10H2,1H3. The molecule has 0 radical (unpaired) electrons. The molecule has 1 N–H and O–H groups in total. The zero-order valence-corrected chi connectivity index (χ0v) is 14.1. The van der Waals surface area contributed by atoms with Gasteiger partial charge in [0.1, 0.15) is 0 Å². The van der Waals surface area contributed by atoms with E-state index in [2.05, 4.69) is 41.4 Å². The first-order chi connectivity index (χ1) is 11.2. The van der Waals surface area contributed by atoms with Crippen molar-refractivity contribution < 1.29 is 4.74 Å². The Kier molecular flexibility index (Phi) is 3.92. The molecule has 2 aliphatic rings. The van der Waals surface area contributed by atoms with Gasteiger partial charge in [-0.1, -0.05) is 17.7 Å². The van der Waals surface area contributed by atoms with E-state index in [0.29, 0.717) is 11.1 Å². The van der Waals surface area contributed by atoms with Gasteiger partial charge in [-0.15, -0.1) is 0 Å². The number of aryl methyl sites for hydroxylation is 1. The molecule has 0 bridgehead atoms. The van der Waals surface area contributed by atoms with Gasteiger partial charge >= 0.3 is 0 Å². The average molecular weight is 329 g/mol. The molecule has 1 fully saturated rings. The molecule has 2 heterocycles. The van der Waals surface area contributed by atoms with Gasteiger partial charge in [-0.3, -0.25) is 0 Å². The molecular formula is C19H21ClN2O. The molecule has 120 valence electrons. The number of benzene rings is 2. The lowest BCUT2D eigenvalue weighted by Crippen LogP contribution is -2.34. The molecule has 2 aromatic rings. The maximum Gasteiger partial charge on any atom is 0.152 e. The van der Waals surface area contributed by atoms with Crippen LogP contribution in [0.15, 0.2) is 36.4 Å². The third kappa shape index (κ3) is 2.79. The molecule has 1 saturated heterocycles. The minimum atomic E-state index is 0.482. The number of hydrogen-bond acceptors (Lipinski definition) is 3. The summed E-state index contributed by atoms with van der Waals surface area (Å²) in [6.07, 6.45) is 3.52. The Balaban J connectivity index is 1.83. The van der Waals surface area contributed by atoms with E-state index in [9.17, 15) is 0 Å². The smallest absolute Gasteiger partial charge is 0.152 e. The van der Waals surface area contributed by atoms with E-state index >= 15 is 0 Å². The predicted octanol–water partition coefficient (Wildman–Crippen LogP) is 5.03. The molecule has 3 nitrogen and oxygen atoms in total.